The van der Waals surface area contributed by atoms with Crippen LogP contribution >= 0.6 is 11.3 Å². The van der Waals surface area contributed by atoms with Crippen molar-refractivity contribution >= 4 is 28.2 Å². The Balaban J connectivity index is 2.04. The summed E-state index contributed by atoms with van der Waals surface area (Å²) in [6, 6.07) is 1.51. The molecule has 21 heavy (non-hydrogen) atoms. The second-order valence-electron chi connectivity index (χ2n) is 5.11. The zero-order chi connectivity index (χ0) is 15.6. The maximum Gasteiger partial charge on any atom is 0.320 e. The van der Waals surface area contributed by atoms with Gasteiger partial charge in [0.05, 0.1) is 12.1 Å². The van der Waals surface area contributed by atoms with Gasteiger partial charge in [0.2, 0.25) is 5.91 Å². The van der Waals surface area contributed by atoms with Crippen LogP contribution in [0.15, 0.2) is 0 Å². The molecule has 1 fully saturated rings. The van der Waals surface area contributed by atoms with E-state index in [1.54, 1.807) is 4.90 Å². The van der Waals surface area contributed by atoms with Gasteiger partial charge in [-0.2, -0.15) is 5.26 Å². The monoisotopic (exact) mass is 307 g/mol. The number of thiophene rings is 1. The quantitative estimate of drug-likeness (QED) is 0.883. The molecular weight excluding hydrogens is 290 g/mol. The molecule has 2 rings (SSSR count). The molecule has 2 N–H and O–H groups in total. The second-order valence-corrected chi connectivity index (χ2v) is 6.34. The molecule has 7 heteroatoms. The van der Waals surface area contributed by atoms with Crippen molar-refractivity contribution in [2.75, 3.05) is 18.4 Å². The highest BCUT2D eigenvalue weighted by atomic mass is 32.1. The smallest absolute Gasteiger partial charge is 0.320 e. The molecule has 0 radical (unpaired) electrons. The van der Waals surface area contributed by atoms with Gasteiger partial charge in [-0.1, -0.05) is 0 Å². The van der Waals surface area contributed by atoms with E-state index in [0.29, 0.717) is 23.5 Å². The molecule has 0 bridgehead atoms. The lowest BCUT2D eigenvalue weighted by molar-refractivity contribution is -0.142. The minimum Gasteiger partial charge on any atom is -0.480 e. The summed E-state index contributed by atoms with van der Waals surface area (Å²) in [6.45, 7) is 4.40. The third-order valence-corrected chi connectivity index (χ3v) is 4.87. The summed E-state index contributed by atoms with van der Waals surface area (Å²) >= 11 is 1.37. The van der Waals surface area contributed by atoms with E-state index in [2.05, 4.69) is 11.4 Å². The van der Waals surface area contributed by atoms with Crippen LogP contribution in [-0.4, -0.2) is 41.0 Å². The molecule has 6 nitrogen and oxygen atoms in total. The molecule has 2 heterocycles. The van der Waals surface area contributed by atoms with Crippen LogP contribution < -0.4 is 5.32 Å². The number of carbonyl (C=O) groups excluding carboxylic acids is 1. The predicted molar refractivity (Wildman–Crippen MR) is 79.4 cm³/mol. The molecule has 1 aromatic rings. The minimum atomic E-state index is -0.888. The zero-order valence-electron chi connectivity index (χ0n) is 12.0. The Morgan fingerprint density at radius 2 is 2.24 bits per heavy atom. The lowest BCUT2D eigenvalue weighted by Gasteiger charge is -2.19. The topological polar surface area (TPSA) is 93.4 Å². The SMILES string of the molecule is Cc1sc(NC(=O)CN2CCCC2C(=O)O)c(C#N)c1C. The number of hydrogen-bond acceptors (Lipinski definition) is 5. The Morgan fingerprint density at radius 1 is 1.52 bits per heavy atom. The highest BCUT2D eigenvalue weighted by Crippen LogP contribution is 2.31. The van der Waals surface area contributed by atoms with Crippen molar-refractivity contribution in [1.29, 1.82) is 5.26 Å². The number of nitriles is 1. The first-order valence-corrected chi connectivity index (χ1v) is 7.52. The number of aliphatic carboxylic acids is 1. The number of carbonyl (C=O) groups is 2. The molecule has 0 saturated carbocycles. The first kappa shape index (κ1) is 15.5. The summed E-state index contributed by atoms with van der Waals surface area (Å²) in [6.07, 6.45) is 1.36. The maximum atomic E-state index is 12.1. The highest BCUT2D eigenvalue weighted by Gasteiger charge is 2.31. The first-order chi connectivity index (χ1) is 9.93. The second kappa shape index (κ2) is 6.24. The third-order valence-electron chi connectivity index (χ3n) is 3.75. The fourth-order valence-electron chi connectivity index (χ4n) is 2.50. The van der Waals surface area contributed by atoms with E-state index in [-0.39, 0.29) is 12.5 Å². The Bertz CT molecular complexity index is 618. The van der Waals surface area contributed by atoms with Gasteiger partial charge >= 0.3 is 5.97 Å². The molecular formula is C14H17N3O3S. The van der Waals surface area contributed by atoms with Crippen molar-refractivity contribution in [2.24, 2.45) is 0 Å². The number of nitrogens with zero attached hydrogens (tertiary/aromatic N) is 2. The number of carboxylic acids is 1. The molecule has 1 atom stereocenters. The van der Waals surface area contributed by atoms with Gasteiger partial charge in [-0.15, -0.1) is 11.3 Å². The minimum absolute atomic E-state index is 0.0395. The Hall–Kier alpha value is -1.91. The van der Waals surface area contributed by atoms with Crippen LogP contribution in [0.3, 0.4) is 0 Å². The van der Waals surface area contributed by atoms with E-state index < -0.39 is 12.0 Å². The van der Waals surface area contributed by atoms with Gasteiger partial charge in [-0.25, -0.2) is 0 Å². The molecule has 1 amide bonds. The van der Waals surface area contributed by atoms with Gasteiger partial charge in [-0.05, 0) is 38.8 Å². The van der Waals surface area contributed by atoms with Crippen molar-refractivity contribution in [3.8, 4) is 6.07 Å². The summed E-state index contributed by atoms with van der Waals surface area (Å²) in [5.41, 5.74) is 1.37. The number of carboxylic acid groups (broad SMARTS) is 1. The Morgan fingerprint density at radius 3 is 2.86 bits per heavy atom. The van der Waals surface area contributed by atoms with Crippen molar-refractivity contribution in [1.82, 2.24) is 4.90 Å². The fourth-order valence-corrected chi connectivity index (χ4v) is 3.52. The van der Waals surface area contributed by atoms with Gasteiger partial charge in [0.1, 0.15) is 17.1 Å². The van der Waals surface area contributed by atoms with Gasteiger partial charge < -0.3 is 10.4 Å². The molecule has 1 aliphatic heterocycles. The lowest BCUT2D eigenvalue weighted by Crippen LogP contribution is -2.40. The fraction of sp³-hybridized carbons (Fsp3) is 0.500. The third kappa shape index (κ3) is 3.23. The Labute approximate surface area is 127 Å². The number of likely N-dealkylation sites (tertiary alicyclic amines) is 1. The van der Waals surface area contributed by atoms with Crippen LogP contribution in [0.25, 0.3) is 0 Å². The maximum absolute atomic E-state index is 12.1. The molecule has 112 valence electrons. The van der Waals surface area contributed by atoms with Crippen LogP contribution in [0.5, 0.6) is 0 Å². The molecule has 0 aromatic carbocycles. The normalized spacial score (nSPS) is 18.4. The van der Waals surface area contributed by atoms with Gasteiger partial charge in [0.25, 0.3) is 0 Å². The molecule has 0 spiro atoms. The average Bonchev–Trinajstić information content (AvgIpc) is 2.96. The molecule has 0 aliphatic carbocycles. The van der Waals surface area contributed by atoms with Crippen molar-refractivity contribution in [2.45, 2.75) is 32.7 Å². The molecule has 1 unspecified atom stereocenters. The number of rotatable bonds is 4. The number of anilines is 1. The molecule has 1 saturated heterocycles. The number of amides is 1. The number of hydrogen-bond donors (Lipinski definition) is 2. The average molecular weight is 307 g/mol. The van der Waals surface area contributed by atoms with Crippen LogP contribution in [0.2, 0.25) is 0 Å². The van der Waals surface area contributed by atoms with Crippen LogP contribution in [0.1, 0.15) is 28.8 Å². The summed E-state index contributed by atoms with van der Waals surface area (Å²) in [5, 5.41) is 21.5. The van der Waals surface area contributed by atoms with E-state index in [9.17, 15) is 9.59 Å². The largest absolute Gasteiger partial charge is 0.480 e. The first-order valence-electron chi connectivity index (χ1n) is 6.70. The number of nitrogens with one attached hydrogen (secondary N) is 1. The number of aryl methyl sites for hydroxylation is 1. The predicted octanol–water partition coefficient (Wildman–Crippen LogP) is 1.72. The van der Waals surface area contributed by atoms with Crippen molar-refractivity contribution in [3.05, 3.63) is 16.0 Å². The summed E-state index contributed by atoms with van der Waals surface area (Å²) in [4.78, 5) is 25.8. The van der Waals surface area contributed by atoms with E-state index in [0.717, 1.165) is 16.9 Å². The van der Waals surface area contributed by atoms with Crippen LogP contribution in [0, 0.1) is 25.2 Å². The Kier molecular flexibility index (Phi) is 4.60. The zero-order valence-corrected chi connectivity index (χ0v) is 12.8. The van der Waals surface area contributed by atoms with Crippen molar-refractivity contribution < 1.29 is 14.7 Å². The highest BCUT2D eigenvalue weighted by molar-refractivity contribution is 7.16. The van der Waals surface area contributed by atoms with E-state index in [1.165, 1.54) is 11.3 Å². The molecule has 1 aliphatic rings. The standard InChI is InChI=1S/C14H17N3O3S/c1-8-9(2)21-13(10(8)6-15)16-12(18)7-17-5-3-4-11(17)14(19)20/h11H,3-5,7H2,1-2H3,(H,16,18)(H,19,20). The summed E-state index contributed by atoms with van der Waals surface area (Å²) in [5.74, 6) is -1.17. The van der Waals surface area contributed by atoms with Gasteiger partial charge in [0, 0.05) is 4.88 Å². The van der Waals surface area contributed by atoms with Crippen molar-refractivity contribution in [3.63, 3.8) is 0 Å². The van der Waals surface area contributed by atoms with Crippen LogP contribution in [-0.2, 0) is 9.59 Å². The molecule has 1 aromatic heterocycles. The lowest BCUT2D eigenvalue weighted by atomic mass is 10.2. The van der Waals surface area contributed by atoms with Crippen LogP contribution in [0.4, 0.5) is 5.00 Å². The van der Waals surface area contributed by atoms with E-state index >= 15 is 0 Å². The summed E-state index contributed by atoms with van der Waals surface area (Å²) < 4.78 is 0. The van der Waals surface area contributed by atoms with E-state index in [4.69, 9.17) is 10.4 Å². The van der Waals surface area contributed by atoms with Gasteiger partial charge in [-0.3, -0.25) is 14.5 Å². The van der Waals surface area contributed by atoms with E-state index in [1.807, 2.05) is 13.8 Å². The van der Waals surface area contributed by atoms with Gasteiger partial charge in [0.15, 0.2) is 0 Å². The summed E-state index contributed by atoms with van der Waals surface area (Å²) in [7, 11) is 0.